The number of benzene rings is 1. The standard InChI is InChI=1S/C30H33N3O9/c1-32(2)24-18-12-14-11-17-16(20-6-3-15(42-20)13-33-7-9-41-10-8-33)4-5-19(34)22(17)25(35)21(14)27(37)30(18,40)28(38)23(26(24)36)29(31)39/h3-6,14,18,24,34-35,38,40H,7-13H2,1-2H3,(H2,31,39). The molecule has 1 amide bonds. The van der Waals surface area contributed by atoms with Crippen molar-refractivity contribution in [2.45, 2.75) is 31.0 Å². The van der Waals surface area contributed by atoms with Crippen LogP contribution in [0.4, 0.5) is 0 Å². The molecule has 2 aromatic rings. The van der Waals surface area contributed by atoms with Gasteiger partial charge in [0.1, 0.15) is 34.4 Å². The third-order valence-corrected chi connectivity index (χ3v) is 9.01. The second-order valence-electron chi connectivity index (χ2n) is 11.6. The number of hydrogen-bond donors (Lipinski definition) is 5. The number of aliphatic hydroxyl groups is 3. The smallest absolute Gasteiger partial charge is 0.255 e. The van der Waals surface area contributed by atoms with Crippen LogP contribution in [0.25, 0.3) is 17.1 Å². The molecular formula is C30H33N3O9. The van der Waals surface area contributed by atoms with E-state index < -0.39 is 58.0 Å². The maximum absolute atomic E-state index is 14.0. The predicted octanol–water partition coefficient (Wildman–Crippen LogP) is 1.06. The Bertz CT molecular complexity index is 1570. The van der Waals surface area contributed by atoms with Crippen molar-refractivity contribution in [1.82, 2.24) is 9.80 Å². The van der Waals surface area contributed by atoms with Crippen LogP contribution in [0.2, 0.25) is 0 Å². The number of primary amides is 1. The number of nitrogens with zero attached hydrogens (tertiary/aromatic N) is 2. The van der Waals surface area contributed by atoms with Gasteiger partial charge in [0.05, 0.1) is 31.4 Å². The number of aliphatic hydroxyl groups excluding tert-OH is 2. The number of ketones is 2. The van der Waals surface area contributed by atoms with Gasteiger partial charge in [-0.15, -0.1) is 0 Å². The summed E-state index contributed by atoms with van der Waals surface area (Å²) in [5, 5.41) is 45.0. The van der Waals surface area contributed by atoms with E-state index in [1.54, 1.807) is 20.2 Å². The molecule has 4 unspecified atom stereocenters. The number of carbonyl (C=O) groups is 3. The molecule has 222 valence electrons. The molecule has 12 nitrogen and oxygen atoms in total. The van der Waals surface area contributed by atoms with E-state index in [1.165, 1.54) is 11.0 Å². The molecule has 3 aliphatic carbocycles. The van der Waals surface area contributed by atoms with Crippen LogP contribution in [0.1, 0.15) is 23.3 Å². The number of amides is 1. The molecule has 1 aromatic carbocycles. The Morgan fingerprint density at radius 1 is 1.12 bits per heavy atom. The molecule has 6 N–H and O–H groups in total. The highest BCUT2D eigenvalue weighted by Gasteiger charge is 2.64. The molecule has 1 saturated heterocycles. The average Bonchev–Trinajstić information content (AvgIpc) is 3.39. The average molecular weight is 580 g/mol. The molecule has 0 bridgehead atoms. The van der Waals surface area contributed by atoms with Gasteiger partial charge in [0, 0.05) is 30.1 Å². The number of fused-ring (bicyclic) bond motifs is 3. The lowest BCUT2D eigenvalue weighted by atomic mass is 9.57. The Kier molecular flexibility index (Phi) is 6.76. The Morgan fingerprint density at radius 2 is 1.83 bits per heavy atom. The van der Waals surface area contributed by atoms with Crippen molar-refractivity contribution >= 4 is 23.2 Å². The maximum Gasteiger partial charge on any atom is 0.255 e. The van der Waals surface area contributed by atoms with Crippen molar-refractivity contribution in [2.75, 3.05) is 40.4 Å². The Labute approximate surface area is 241 Å². The minimum absolute atomic E-state index is 0.0152. The van der Waals surface area contributed by atoms with Crippen LogP contribution in [0, 0.1) is 11.8 Å². The number of furan rings is 1. The molecule has 1 aliphatic heterocycles. The van der Waals surface area contributed by atoms with Gasteiger partial charge in [-0.2, -0.15) is 0 Å². The van der Waals surface area contributed by atoms with E-state index in [4.69, 9.17) is 14.9 Å². The zero-order chi connectivity index (χ0) is 30.1. The second kappa shape index (κ2) is 10.1. The Hall–Kier alpha value is -3.97. The fourth-order valence-corrected chi connectivity index (χ4v) is 7.06. The van der Waals surface area contributed by atoms with Crippen molar-refractivity contribution in [2.24, 2.45) is 17.6 Å². The number of phenols is 1. The van der Waals surface area contributed by atoms with Crippen LogP contribution in [-0.4, -0.2) is 99.7 Å². The molecule has 1 aromatic heterocycles. The summed E-state index contributed by atoms with van der Waals surface area (Å²) in [6.45, 7) is 3.48. The number of rotatable bonds is 5. The zero-order valence-electron chi connectivity index (χ0n) is 23.3. The normalized spacial score (nSPS) is 28.1. The van der Waals surface area contributed by atoms with Crippen molar-refractivity contribution in [1.29, 1.82) is 0 Å². The van der Waals surface area contributed by atoms with Gasteiger partial charge < -0.3 is 35.3 Å². The summed E-state index contributed by atoms with van der Waals surface area (Å²) in [4.78, 5) is 43.1. The first-order valence-electron chi connectivity index (χ1n) is 13.8. The molecule has 2 fully saturated rings. The van der Waals surface area contributed by atoms with Crippen LogP contribution in [-0.2, 0) is 32.1 Å². The molecule has 0 radical (unpaired) electrons. The van der Waals surface area contributed by atoms with Gasteiger partial charge >= 0.3 is 0 Å². The lowest BCUT2D eigenvalue weighted by Gasteiger charge is -2.50. The number of morpholine rings is 1. The second-order valence-corrected chi connectivity index (χ2v) is 11.6. The van der Waals surface area contributed by atoms with Gasteiger partial charge in [-0.05, 0) is 62.7 Å². The van der Waals surface area contributed by atoms with Crippen LogP contribution in [0.3, 0.4) is 0 Å². The number of likely N-dealkylation sites (N-methyl/N-ethyl adjacent to an activating group) is 1. The number of hydrogen-bond acceptors (Lipinski definition) is 11. The number of nitrogens with two attached hydrogens (primary N) is 1. The predicted molar refractivity (Wildman–Crippen MR) is 148 cm³/mol. The summed E-state index contributed by atoms with van der Waals surface area (Å²) in [5.74, 6) is -5.57. The number of carbonyl (C=O) groups excluding carboxylic acids is 3. The number of ether oxygens (including phenoxy) is 1. The topological polar surface area (TPSA) is 187 Å². The fourth-order valence-electron chi connectivity index (χ4n) is 7.06. The van der Waals surface area contributed by atoms with E-state index >= 15 is 0 Å². The summed E-state index contributed by atoms with van der Waals surface area (Å²) in [7, 11) is 3.13. The van der Waals surface area contributed by atoms with Crippen LogP contribution in [0.5, 0.6) is 5.75 Å². The highest BCUT2D eigenvalue weighted by atomic mass is 16.5. The molecule has 12 heteroatoms. The molecule has 2 heterocycles. The van der Waals surface area contributed by atoms with E-state index in [0.717, 1.165) is 18.8 Å². The lowest BCUT2D eigenvalue weighted by molar-refractivity contribution is -0.153. The van der Waals surface area contributed by atoms with Crippen molar-refractivity contribution in [3.05, 3.63) is 58.1 Å². The van der Waals surface area contributed by atoms with Crippen LogP contribution >= 0.6 is 0 Å². The maximum atomic E-state index is 14.0. The fraction of sp³-hybridized carbons (Fsp3) is 0.433. The molecule has 4 atom stereocenters. The third kappa shape index (κ3) is 4.09. The number of aromatic hydroxyl groups is 1. The van der Waals surface area contributed by atoms with Crippen molar-refractivity contribution < 1.29 is 44.0 Å². The third-order valence-electron chi connectivity index (χ3n) is 9.01. The summed E-state index contributed by atoms with van der Waals surface area (Å²) >= 11 is 0. The van der Waals surface area contributed by atoms with Gasteiger partial charge in [0.15, 0.2) is 11.4 Å². The van der Waals surface area contributed by atoms with Crippen LogP contribution in [0.15, 0.2) is 45.6 Å². The molecular weight excluding hydrogens is 546 g/mol. The number of phenolic OH excluding ortho intramolecular Hbond substituents is 1. The summed E-state index contributed by atoms with van der Waals surface area (Å²) in [5.41, 5.74) is 2.86. The first-order chi connectivity index (χ1) is 19.9. The molecule has 1 saturated carbocycles. The quantitative estimate of drug-likeness (QED) is 0.319. The first-order valence-corrected chi connectivity index (χ1v) is 13.8. The minimum atomic E-state index is -2.67. The molecule has 42 heavy (non-hydrogen) atoms. The van der Waals surface area contributed by atoms with E-state index in [1.807, 2.05) is 12.1 Å². The largest absolute Gasteiger partial charge is 0.508 e. The van der Waals surface area contributed by atoms with Gasteiger partial charge in [0.25, 0.3) is 5.91 Å². The highest BCUT2D eigenvalue weighted by molar-refractivity contribution is 6.24. The highest BCUT2D eigenvalue weighted by Crippen LogP contribution is 2.53. The van der Waals surface area contributed by atoms with E-state index in [-0.39, 0.29) is 29.7 Å². The van der Waals surface area contributed by atoms with E-state index in [0.29, 0.717) is 36.6 Å². The van der Waals surface area contributed by atoms with Gasteiger partial charge in [-0.3, -0.25) is 24.2 Å². The molecule has 4 aliphatic rings. The summed E-state index contributed by atoms with van der Waals surface area (Å²) in [6.07, 6.45) is 0.194. The first kappa shape index (κ1) is 28.2. The van der Waals surface area contributed by atoms with Gasteiger partial charge in [0.2, 0.25) is 5.78 Å². The van der Waals surface area contributed by atoms with Gasteiger partial charge in [-0.1, -0.05) is 0 Å². The lowest BCUT2D eigenvalue weighted by Crippen LogP contribution is -2.65. The SMILES string of the molecule is CN(C)C1C(=O)C(C(N)=O)=C(O)C2(O)C(=O)C3=C(O)c4c(O)ccc(-c5ccc(CN6CCOCC6)o5)c4CC3CC12. The van der Waals surface area contributed by atoms with Crippen molar-refractivity contribution in [3.63, 3.8) is 0 Å². The Balaban J connectivity index is 1.44. The van der Waals surface area contributed by atoms with Crippen molar-refractivity contribution in [3.8, 4) is 17.1 Å². The zero-order valence-corrected chi connectivity index (χ0v) is 23.3. The van der Waals surface area contributed by atoms with Gasteiger partial charge in [-0.25, -0.2) is 0 Å². The summed E-state index contributed by atoms with van der Waals surface area (Å²) < 4.78 is 11.6. The van der Waals surface area contributed by atoms with Crippen LogP contribution < -0.4 is 5.73 Å². The molecule has 6 rings (SSSR count). The van der Waals surface area contributed by atoms with E-state index in [9.17, 15) is 34.8 Å². The minimum Gasteiger partial charge on any atom is -0.508 e. The monoisotopic (exact) mass is 579 g/mol. The molecule has 0 spiro atoms. The Morgan fingerprint density at radius 3 is 2.50 bits per heavy atom. The number of Topliss-reactive ketones (excluding diaryl/α,β-unsaturated/α-hetero) is 2. The van der Waals surface area contributed by atoms with E-state index in [2.05, 4.69) is 4.90 Å². The summed E-state index contributed by atoms with van der Waals surface area (Å²) in [6, 6.07) is 5.63.